The molecule has 0 amide bonds. The fourth-order valence-corrected chi connectivity index (χ4v) is 1.92. The van der Waals surface area contributed by atoms with Crippen LogP contribution < -0.4 is 0 Å². The molecule has 1 heterocycles. The van der Waals surface area contributed by atoms with Gasteiger partial charge in [0, 0.05) is 0 Å². The highest BCUT2D eigenvalue weighted by molar-refractivity contribution is 6.52. The van der Waals surface area contributed by atoms with Gasteiger partial charge in [0.25, 0.3) is 0 Å². The lowest BCUT2D eigenvalue weighted by Gasteiger charge is -2.18. The number of halogens is 2. The van der Waals surface area contributed by atoms with Gasteiger partial charge in [-0.25, -0.2) is 0 Å². The number of rotatable bonds is 3. The molecule has 0 N–H and O–H groups in total. The Hall–Kier alpha value is -0.250. The van der Waals surface area contributed by atoms with Crippen LogP contribution in [0.5, 0.6) is 0 Å². The molecule has 0 saturated heterocycles. The number of hydrogen-bond donors (Lipinski definition) is 0. The highest BCUT2D eigenvalue weighted by Crippen LogP contribution is 2.53. The average Bonchev–Trinajstić information content (AvgIpc) is 2.86. The monoisotopic (exact) mass is 250 g/mol. The van der Waals surface area contributed by atoms with Crippen LogP contribution in [-0.2, 0) is 14.3 Å². The summed E-state index contributed by atoms with van der Waals surface area (Å²) < 4.78 is 9.53. The second kappa shape index (κ2) is 4.32. The molecule has 5 heteroatoms. The van der Waals surface area contributed by atoms with Crippen LogP contribution in [-0.4, -0.2) is 29.6 Å². The minimum atomic E-state index is -0.898. The normalized spacial score (nSPS) is 32.4. The molecule has 1 aliphatic heterocycles. The Morgan fingerprint density at radius 3 is 2.80 bits per heavy atom. The molecule has 1 aliphatic carbocycles. The van der Waals surface area contributed by atoms with Crippen LogP contribution in [0.3, 0.4) is 0 Å². The molecule has 2 unspecified atom stereocenters. The number of carbonyl (C=O) groups is 1. The Labute approximate surface area is 98.3 Å². The Morgan fingerprint density at radius 2 is 2.27 bits per heavy atom. The molecule has 2 rings (SSSR count). The van der Waals surface area contributed by atoms with Gasteiger partial charge in [0.15, 0.2) is 0 Å². The Balaban J connectivity index is 1.70. The Morgan fingerprint density at radius 1 is 1.53 bits per heavy atom. The number of esters is 1. The lowest BCUT2D eigenvalue weighted by molar-refractivity contribution is -0.149. The fourth-order valence-electron chi connectivity index (χ4n) is 1.44. The third-order valence-electron chi connectivity index (χ3n) is 2.52. The summed E-state index contributed by atoms with van der Waals surface area (Å²) in [6.07, 6.45) is 5.21. The highest BCUT2D eigenvalue weighted by atomic mass is 35.5. The van der Waals surface area contributed by atoms with Crippen molar-refractivity contribution in [3.05, 3.63) is 12.2 Å². The van der Waals surface area contributed by atoms with E-state index in [0.717, 1.165) is 6.42 Å². The summed E-state index contributed by atoms with van der Waals surface area (Å²) >= 11 is 11.5. The van der Waals surface area contributed by atoms with Crippen molar-refractivity contribution in [1.29, 1.82) is 0 Å². The van der Waals surface area contributed by atoms with Crippen LogP contribution in [0.1, 0.15) is 12.8 Å². The molecule has 1 fully saturated rings. The number of carbonyl (C=O) groups excluding carboxylic acids is 1. The largest absolute Gasteiger partial charge is 0.463 e. The van der Waals surface area contributed by atoms with E-state index in [2.05, 4.69) is 0 Å². The zero-order valence-corrected chi connectivity index (χ0v) is 9.63. The van der Waals surface area contributed by atoms with Crippen molar-refractivity contribution in [1.82, 2.24) is 0 Å². The van der Waals surface area contributed by atoms with Crippen molar-refractivity contribution in [2.75, 3.05) is 13.2 Å². The molecule has 0 spiro atoms. The molecular weight excluding hydrogens is 239 g/mol. The predicted molar refractivity (Wildman–Crippen MR) is 57.0 cm³/mol. The summed E-state index contributed by atoms with van der Waals surface area (Å²) in [4.78, 5) is 11.4. The smallest absolute Gasteiger partial charge is 0.312 e. The van der Waals surface area contributed by atoms with Gasteiger partial charge in [0.1, 0.15) is 10.9 Å². The van der Waals surface area contributed by atoms with Crippen molar-refractivity contribution >= 4 is 29.2 Å². The van der Waals surface area contributed by atoms with Crippen LogP contribution in [0.2, 0.25) is 0 Å². The van der Waals surface area contributed by atoms with Crippen LogP contribution in [0.25, 0.3) is 0 Å². The van der Waals surface area contributed by atoms with Gasteiger partial charge >= 0.3 is 5.97 Å². The standard InChI is InChI=1S/C10H12Cl2O3/c11-10(12)5-8(10)9(13)15-6-7-3-1-2-4-14-7/h1-2,7-8H,3-6H2. The van der Waals surface area contributed by atoms with E-state index in [1.165, 1.54) is 0 Å². The SMILES string of the molecule is O=C(OCC1CC=CCO1)C1CC1(Cl)Cl. The zero-order valence-electron chi connectivity index (χ0n) is 8.12. The van der Waals surface area contributed by atoms with Crippen LogP contribution in [0, 0.1) is 5.92 Å². The van der Waals surface area contributed by atoms with E-state index in [-0.39, 0.29) is 24.6 Å². The summed E-state index contributed by atoms with van der Waals surface area (Å²) in [5, 5.41) is 0. The Bertz CT molecular complexity index is 288. The van der Waals surface area contributed by atoms with Gasteiger partial charge in [-0.05, 0) is 12.8 Å². The highest BCUT2D eigenvalue weighted by Gasteiger charge is 2.57. The molecule has 0 bridgehead atoms. The molecule has 84 valence electrons. The van der Waals surface area contributed by atoms with E-state index in [0.29, 0.717) is 13.0 Å². The average molecular weight is 251 g/mol. The van der Waals surface area contributed by atoms with Crippen molar-refractivity contribution < 1.29 is 14.3 Å². The molecule has 3 nitrogen and oxygen atoms in total. The van der Waals surface area contributed by atoms with E-state index in [4.69, 9.17) is 32.7 Å². The lowest BCUT2D eigenvalue weighted by Crippen LogP contribution is -2.25. The minimum Gasteiger partial charge on any atom is -0.463 e. The van der Waals surface area contributed by atoms with E-state index in [1.54, 1.807) is 0 Å². The van der Waals surface area contributed by atoms with E-state index in [1.807, 2.05) is 12.2 Å². The van der Waals surface area contributed by atoms with Gasteiger partial charge in [0.2, 0.25) is 0 Å². The van der Waals surface area contributed by atoms with E-state index >= 15 is 0 Å². The van der Waals surface area contributed by atoms with Gasteiger partial charge in [-0.2, -0.15) is 0 Å². The molecule has 0 aromatic carbocycles. The van der Waals surface area contributed by atoms with Gasteiger partial charge in [0.05, 0.1) is 18.6 Å². The van der Waals surface area contributed by atoms with Crippen LogP contribution in [0.15, 0.2) is 12.2 Å². The molecule has 0 aromatic rings. The fraction of sp³-hybridized carbons (Fsp3) is 0.700. The molecule has 2 atom stereocenters. The van der Waals surface area contributed by atoms with E-state index in [9.17, 15) is 4.79 Å². The summed E-state index contributed by atoms with van der Waals surface area (Å²) in [7, 11) is 0. The van der Waals surface area contributed by atoms with Crippen molar-refractivity contribution in [2.45, 2.75) is 23.3 Å². The van der Waals surface area contributed by atoms with Crippen LogP contribution in [0.4, 0.5) is 0 Å². The Kier molecular flexibility index (Phi) is 3.24. The zero-order chi connectivity index (χ0) is 10.9. The first kappa shape index (κ1) is 11.2. The molecule has 15 heavy (non-hydrogen) atoms. The summed E-state index contributed by atoms with van der Waals surface area (Å²) in [6, 6.07) is 0. The molecule has 0 radical (unpaired) electrons. The maximum absolute atomic E-state index is 11.4. The third-order valence-corrected chi connectivity index (χ3v) is 3.35. The minimum absolute atomic E-state index is 0.0299. The van der Waals surface area contributed by atoms with E-state index < -0.39 is 4.33 Å². The summed E-state index contributed by atoms with van der Waals surface area (Å²) in [5.74, 6) is -0.682. The molecule has 0 aromatic heterocycles. The first-order chi connectivity index (χ1) is 7.09. The summed E-state index contributed by atoms with van der Waals surface area (Å²) in [6.45, 7) is 0.865. The first-order valence-corrected chi connectivity index (χ1v) is 5.66. The maximum atomic E-state index is 11.4. The third kappa shape index (κ3) is 2.86. The second-order valence-corrected chi connectivity index (χ2v) is 5.35. The first-order valence-electron chi connectivity index (χ1n) is 4.90. The molecular formula is C10H12Cl2O3. The lowest BCUT2D eigenvalue weighted by atomic mass is 10.2. The maximum Gasteiger partial charge on any atom is 0.312 e. The quantitative estimate of drug-likeness (QED) is 0.437. The molecule has 2 aliphatic rings. The second-order valence-electron chi connectivity index (χ2n) is 3.81. The topological polar surface area (TPSA) is 35.5 Å². The van der Waals surface area contributed by atoms with Gasteiger partial charge in [-0.15, -0.1) is 23.2 Å². The van der Waals surface area contributed by atoms with Gasteiger partial charge in [-0.3, -0.25) is 4.79 Å². The van der Waals surface area contributed by atoms with Gasteiger partial charge in [-0.1, -0.05) is 12.2 Å². The molecule has 1 saturated carbocycles. The number of alkyl halides is 2. The van der Waals surface area contributed by atoms with Crippen molar-refractivity contribution in [3.63, 3.8) is 0 Å². The predicted octanol–water partition coefficient (Wildman–Crippen LogP) is 2.07. The summed E-state index contributed by atoms with van der Waals surface area (Å²) in [5.41, 5.74) is 0. The van der Waals surface area contributed by atoms with Crippen LogP contribution >= 0.6 is 23.2 Å². The van der Waals surface area contributed by atoms with Crippen molar-refractivity contribution in [3.8, 4) is 0 Å². The number of hydrogen-bond acceptors (Lipinski definition) is 3. The van der Waals surface area contributed by atoms with Crippen molar-refractivity contribution in [2.24, 2.45) is 5.92 Å². The van der Waals surface area contributed by atoms with Gasteiger partial charge < -0.3 is 9.47 Å². The number of ether oxygens (including phenoxy) is 2.